The lowest BCUT2D eigenvalue weighted by atomic mass is 10.0. The van der Waals surface area contributed by atoms with Gasteiger partial charge in [-0.05, 0) is 31.0 Å². The summed E-state index contributed by atoms with van der Waals surface area (Å²) in [5.74, 6) is 0.500. The minimum Gasteiger partial charge on any atom is -0.481 e. The predicted octanol–water partition coefficient (Wildman–Crippen LogP) is 4.48. The van der Waals surface area contributed by atoms with Gasteiger partial charge < -0.3 is 9.52 Å². The second kappa shape index (κ2) is 8.45. The molecule has 5 heteroatoms. The highest BCUT2D eigenvalue weighted by molar-refractivity contribution is 5.96. The Morgan fingerprint density at radius 1 is 0.963 bits per heavy atom. The van der Waals surface area contributed by atoms with Gasteiger partial charge in [-0.1, -0.05) is 42.5 Å². The first-order valence-corrected chi connectivity index (χ1v) is 8.88. The molecule has 0 fully saturated rings. The molecule has 0 unspecified atom stereocenters. The summed E-state index contributed by atoms with van der Waals surface area (Å²) >= 11 is 0. The molecule has 1 N–H and O–H groups in total. The average Bonchev–Trinajstić information content (AvgIpc) is 3.06. The van der Waals surface area contributed by atoms with Gasteiger partial charge in [0.05, 0.1) is 5.69 Å². The number of Topliss-reactive ketones (excluding diaryl/α,β-unsaturated/α-hetero) is 1. The van der Waals surface area contributed by atoms with Gasteiger partial charge in [-0.3, -0.25) is 9.59 Å². The van der Waals surface area contributed by atoms with Crippen LogP contribution in [0.15, 0.2) is 59.0 Å². The van der Waals surface area contributed by atoms with Crippen LogP contribution in [0.25, 0.3) is 11.5 Å². The molecule has 0 atom stereocenters. The van der Waals surface area contributed by atoms with Crippen molar-refractivity contribution in [2.24, 2.45) is 0 Å². The molecule has 0 saturated carbocycles. The number of hydrogen-bond acceptors (Lipinski definition) is 4. The molecule has 3 rings (SSSR count). The molecule has 2 aromatic carbocycles. The van der Waals surface area contributed by atoms with E-state index in [-0.39, 0.29) is 12.2 Å². The molecule has 0 aliphatic rings. The minimum atomic E-state index is -0.826. The van der Waals surface area contributed by atoms with Crippen LogP contribution in [0.5, 0.6) is 0 Å². The number of carboxylic acid groups (broad SMARTS) is 1. The van der Waals surface area contributed by atoms with Gasteiger partial charge in [-0.25, -0.2) is 4.98 Å². The molecule has 3 aromatic rings. The van der Waals surface area contributed by atoms with E-state index in [4.69, 9.17) is 9.52 Å². The maximum atomic E-state index is 12.4. The largest absolute Gasteiger partial charge is 0.481 e. The van der Waals surface area contributed by atoms with Gasteiger partial charge in [0, 0.05) is 30.4 Å². The summed E-state index contributed by atoms with van der Waals surface area (Å²) in [6.07, 6.45) is 1.41. The van der Waals surface area contributed by atoms with Crippen LogP contribution >= 0.6 is 0 Å². The van der Waals surface area contributed by atoms with Crippen LogP contribution in [0.3, 0.4) is 0 Å². The Balaban J connectivity index is 1.61. The summed E-state index contributed by atoms with van der Waals surface area (Å²) in [5, 5.41) is 8.72. The molecule has 0 bridgehead atoms. The quantitative estimate of drug-likeness (QED) is 0.597. The van der Waals surface area contributed by atoms with Crippen molar-refractivity contribution in [3.8, 4) is 11.5 Å². The Hall–Kier alpha value is -3.21. The van der Waals surface area contributed by atoms with Crippen molar-refractivity contribution in [3.63, 3.8) is 0 Å². The highest BCUT2D eigenvalue weighted by Gasteiger charge is 2.14. The highest BCUT2D eigenvalue weighted by Crippen LogP contribution is 2.22. The Morgan fingerprint density at radius 2 is 1.67 bits per heavy atom. The number of rotatable bonds is 8. The first kappa shape index (κ1) is 18.6. The average molecular weight is 363 g/mol. The second-order valence-corrected chi connectivity index (χ2v) is 6.40. The molecule has 5 nitrogen and oxygen atoms in total. The fourth-order valence-corrected chi connectivity index (χ4v) is 2.85. The van der Waals surface area contributed by atoms with E-state index >= 15 is 0 Å². The summed E-state index contributed by atoms with van der Waals surface area (Å²) in [7, 11) is 0. The first-order valence-electron chi connectivity index (χ1n) is 8.88. The van der Waals surface area contributed by atoms with Crippen LogP contribution in [0.1, 0.15) is 40.2 Å². The van der Waals surface area contributed by atoms with Gasteiger partial charge in [-0.2, -0.15) is 0 Å². The summed E-state index contributed by atoms with van der Waals surface area (Å²) in [5.41, 5.74) is 3.24. The van der Waals surface area contributed by atoms with E-state index in [2.05, 4.69) is 4.98 Å². The third-order valence-corrected chi connectivity index (χ3v) is 4.41. The smallest absolute Gasteiger partial charge is 0.303 e. The predicted molar refractivity (Wildman–Crippen MR) is 102 cm³/mol. The third kappa shape index (κ3) is 4.91. The molecule has 1 heterocycles. The maximum Gasteiger partial charge on any atom is 0.303 e. The Kier molecular flexibility index (Phi) is 5.81. The van der Waals surface area contributed by atoms with Gasteiger partial charge in [0.15, 0.2) is 5.78 Å². The monoisotopic (exact) mass is 363 g/mol. The molecule has 0 aliphatic carbocycles. The number of carbonyl (C=O) groups is 2. The summed E-state index contributed by atoms with van der Waals surface area (Å²) in [6.45, 7) is 1.86. The van der Waals surface area contributed by atoms with E-state index in [1.54, 1.807) is 12.1 Å². The molecule has 0 amide bonds. The molecular weight excluding hydrogens is 342 g/mol. The summed E-state index contributed by atoms with van der Waals surface area (Å²) < 4.78 is 5.73. The van der Waals surface area contributed by atoms with Gasteiger partial charge >= 0.3 is 5.97 Å². The topological polar surface area (TPSA) is 80.4 Å². The van der Waals surface area contributed by atoms with Gasteiger partial charge in [0.2, 0.25) is 5.89 Å². The Morgan fingerprint density at radius 3 is 2.33 bits per heavy atom. The van der Waals surface area contributed by atoms with Crippen LogP contribution in [0.4, 0.5) is 0 Å². The highest BCUT2D eigenvalue weighted by atomic mass is 16.4. The zero-order valence-electron chi connectivity index (χ0n) is 15.1. The number of aliphatic carboxylic acids is 1. The maximum absolute atomic E-state index is 12.4. The molecule has 0 saturated heterocycles. The van der Waals surface area contributed by atoms with Crippen LogP contribution in [-0.4, -0.2) is 21.8 Å². The summed E-state index contributed by atoms with van der Waals surface area (Å²) in [4.78, 5) is 27.6. The van der Waals surface area contributed by atoms with Gasteiger partial charge in [0.1, 0.15) is 5.76 Å². The fourth-order valence-electron chi connectivity index (χ4n) is 2.85. The fraction of sp³-hybridized carbons (Fsp3) is 0.227. The molecule has 0 spiro atoms. The van der Waals surface area contributed by atoms with E-state index in [1.165, 1.54) is 0 Å². The minimum absolute atomic E-state index is 0.0310. The molecule has 138 valence electrons. The molecule has 1 aromatic heterocycles. The van der Waals surface area contributed by atoms with Crippen molar-refractivity contribution >= 4 is 11.8 Å². The standard InChI is InChI=1S/C22H21NO4/c1-15-19(23-22(27-15)18-5-3-2-4-6-18)12-13-20(24)17-10-7-16(8-11-17)9-14-21(25)26/h2-8,10-11H,9,12-14H2,1H3,(H,25,26). The van der Waals surface area contributed by atoms with Crippen molar-refractivity contribution in [1.82, 2.24) is 4.98 Å². The Bertz CT molecular complexity index is 927. The van der Waals surface area contributed by atoms with Crippen LogP contribution in [0, 0.1) is 6.92 Å². The molecule has 0 radical (unpaired) electrons. The van der Waals surface area contributed by atoms with E-state index in [0.29, 0.717) is 30.7 Å². The van der Waals surface area contributed by atoms with Crippen molar-refractivity contribution in [2.45, 2.75) is 32.6 Å². The van der Waals surface area contributed by atoms with E-state index in [9.17, 15) is 9.59 Å². The number of benzene rings is 2. The third-order valence-electron chi connectivity index (χ3n) is 4.41. The molecular formula is C22H21NO4. The van der Waals surface area contributed by atoms with Crippen molar-refractivity contribution < 1.29 is 19.1 Å². The van der Waals surface area contributed by atoms with Crippen molar-refractivity contribution in [2.75, 3.05) is 0 Å². The first-order chi connectivity index (χ1) is 13.0. The van der Waals surface area contributed by atoms with Crippen molar-refractivity contribution in [3.05, 3.63) is 77.2 Å². The number of nitrogens with zero attached hydrogens (tertiary/aromatic N) is 1. The molecule has 27 heavy (non-hydrogen) atoms. The van der Waals surface area contributed by atoms with Gasteiger partial charge in [-0.15, -0.1) is 0 Å². The SMILES string of the molecule is Cc1oc(-c2ccccc2)nc1CCC(=O)c1ccc(CCC(=O)O)cc1. The number of oxazole rings is 1. The Labute approximate surface area is 157 Å². The lowest BCUT2D eigenvalue weighted by molar-refractivity contribution is -0.136. The number of carboxylic acids is 1. The zero-order valence-corrected chi connectivity index (χ0v) is 15.1. The van der Waals surface area contributed by atoms with E-state index < -0.39 is 5.97 Å². The van der Waals surface area contributed by atoms with Crippen molar-refractivity contribution in [1.29, 1.82) is 0 Å². The lowest BCUT2D eigenvalue weighted by Crippen LogP contribution is -2.03. The number of aromatic nitrogens is 1. The summed E-state index contributed by atoms with van der Waals surface area (Å²) in [6, 6.07) is 16.8. The van der Waals surface area contributed by atoms with Gasteiger partial charge in [0.25, 0.3) is 0 Å². The van der Waals surface area contributed by atoms with Crippen LogP contribution in [0.2, 0.25) is 0 Å². The normalized spacial score (nSPS) is 10.7. The number of aryl methyl sites for hydroxylation is 3. The zero-order chi connectivity index (χ0) is 19.2. The van der Waals surface area contributed by atoms with E-state index in [1.807, 2.05) is 49.4 Å². The van der Waals surface area contributed by atoms with Crippen LogP contribution < -0.4 is 0 Å². The van der Waals surface area contributed by atoms with E-state index in [0.717, 1.165) is 22.6 Å². The number of hydrogen-bond donors (Lipinski definition) is 1. The second-order valence-electron chi connectivity index (χ2n) is 6.40. The van der Waals surface area contributed by atoms with Crippen LogP contribution in [-0.2, 0) is 17.6 Å². The molecule has 0 aliphatic heterocycles. The number of ketones is 1. The lowest BCUT2D eigenvalue weighted by Gasteiger charge is -2.03. The number of carbonyl (C=O) groups excluding carboxylic acids is 1.